The Morgan fingerprint density at radius 2 is 1.94 bits per heavy atom. The number of hydrazine groups is 1. The lowest BCUT2D eigenvalue weighted by Gasteiger charge is -2.24. The molecule has 0 bridgehead atoms. The van der Waals surface area contributed by atoms with Gasteiger partial charge in [0, 0.05) is 19.2 Å². The summed E-state index contributed by atoms with van der Waals surface area (Å²) in [5.41, 5.74) is 4.60. The molecule has 1 aromatic carbocycles. The van der Waals surface area contributed by atoms with Crippen molar-refractivity contribution in [3.63, 3.8) is 0 Å². The third-order valence-electron chi connectivity index (χ3n) is 2.47. The average Bonchev–Trinajstić information content (AvgIpc) is 2.29. The zero-order valence-corrected chi connectivity index (χ0v) is 10.4. The summed E-state index contributed by atoms with van der Waals surface area (Å²) >= 11 is 6.06. The van der Waals surface area contributed by atoms with Gasteiger partial charge in [-0.05, 0) is 24.1 Å². The van der Waals surface area contributed by atoms with Crippen molar-refractivity contribution in [1.82, 2.24) is 5.43 Å². The molecule has 5 heteroatoms. The number of halogens is 1. The van der Waals surface area contributed by atoms with Crippen LogP contribution in [0.5, 0.6) is 0 Å². The van der Waals surface area contributed by atoms with E-state index in [-0.39, 0.29) is 6.04 Å². The van der Waals surface area contributed by atoms with E-state index in [0.717, 1.165) is 11.1 Å². The van der Waals surface area contributed by atoms with Crippen molar-refractivity contribution in [1.29, 1.82) is 0 Å². The Kier molecular flexibility index (Phi) is 5.18. The molecule has 0 aromatic heterocycles. The number of benzene rings is 1. The zero-order valence-electron chi connectivity index (χ0n) is 9.66. The molecule has 3 N–H and O–H groups in total. The summed E-state index contributed by atoms with van der Waals surface area (Å²) in [5, 5.41) is 0.698. The van der Waals surface area contributed by atoms with E-state index < -0.39 is 6.29 Å². The van der Waals surface area contributed by atoms with Gasteiger partial charge >= 0.3 is 0 Å². The quantitative estimate of drug-likeness (QED) is 0.471. The van der Waals surface area contributed by atoms with Gasteiger partial charge in [0.15, 0.2) is 6.29 Å². The van der Waals surface area contributed by atoms with Gasteiger partial charge < -0.3 is 9.47 Å². The molecular weight excluding hydrogens is 228 g/mol. The Labute approximate surface area is 101 Å². The summed E-state index contributed by atoms with van der Waals surface area (Å²) in [6.45, 7) is 1.95. The minimum Gasteiger partial charge on any atom is -0.354 e. The van der Waals surface area contributed by atoms with Crippen molar-refractivity contribution in [3.8, 4) is 0 Å². The molecule has 1 rings (SSSR count). The minimum atomic E-state index is -0.455. The number of ether oxygens (including phenoxy) is 2. The van der Waals surface area contributed by atoms with Gasteiger partial charge in [-0.2, -0.15) is 0 Å². The lowest BCUT2D eigenvalue weighted by atomic mass is 10.1. The fourth-order valence-corrected chi connectivity index (χ4v) is 1.69. The molecule has 0 amide bonds. The molecule has 1 atom stereocenters. The molecule has 1 aromatic rings. The first-order valence-corrected chi connectivity index (χ1v) is 5.29. The minimum absolute atomic E-state index is 0.256. The van der Waals surface area contributed by atoms with Crippen LogP contribution in [0.3, 0.4) is 0 Å². The topological polar surface area (TPSA) is 56.5 Å². The number of hydrogen-bond acceptors (Lipinski definition) is 4. The number of hydrogen-bond donors (Lipinski definition) is 2. The summed E-state index contributed by atoms with van der Waals surface area (Å²) in [6.07, 6.45) is -0.455. The van der Waals surface area contributed by atoms with Crippen LogP contribution in [0.1, 0.15) is 17.2 Å². The predicted octanol–water partition coefficient (Wildman–Crippen LogP) is 1.77. The second-order valence-electron chi connectivity index (χ2n) is 3.49. The molecule has 0 saturated heterocycles. The van der Waals surface area contributed by atoms with E-state index in [1.165, 1.54) is 0 Å². The molecule has 4 nitrogen and oxygen atoms in total. The van der Waals surface area contributed by atoms with Crippen molar-refractivity contribution >= 4 is 11.6 Å². The Balaban J connectivity index is 2.98. The highest BCUT2D eigenvalue weighted by molar-refractivity contribution is 6.31. The van der Waals surface area contributed by atoms with E-state index in [1.807, 2.05) is 25.1 Å². The standard InChI is InChI=1S/C11H17ClN2O2/c1-7-4-5-8(6-9(7)12)10(14-13)11(15-2)16-3/h4-6,10-11,14H,13H2,1-3H3. The van der Waals surface area contributed by atoms with E-state index >= 15 is 0 Å². The van der Waals surface area contributed by atoms with Crippen LogP contribution in [0.15, 0.2) is 18.2 Å². The third kappa shape index (κ3) is 2.93. The second-order valence-corrected chi connectivity index (χ2v) is 3.90. The fourth-order valence-electron chi connectivity index (χ4n) is 1.50. The third-order valence-corrected chi connectivity index (χ3v) is 2.88. The summed E-state index contributed by atoms with van der Waals surface area (Å²) in [5.74, 6) is 5.49. The van der Waals surface area contributed by atoms with Gasteiger partial charge in [0.1, 0.15) is 0 Å². The van der Waals surface area contributed by atoms with Crippen molar-refractivity contribution < 1.29 is 9.47 Å². The predicted molar refractivity (Wildman–Crippen MR) is 64.1 cm³/mol. The molecule has 0 heterocycles. The highest BCUT2D eigenvalue weighted by Crippen LogP contribution is 2.24. The Morgan fingerprint density at radius 3 is 2.38 bits per heavy atom. The number of rotatable bonds is 5. The first-order chi connectivity index (χ1) is 7.63. The normalized spacial score (nSPS) is 13.1. The van der Waals surface area contributed by atoms with Crippen LogP contribution in [0.4, 0.5) is 0 Å². The largest absolute Gasteiger partial charge is 0.354 e. The highest BCUT2D eigenvalue weighted by atomic mass is 35.5. The maximum atomic E-state index is 6.06. The van der Waals surface area contributed by atoms with Crippen LogP contribution in [0, 0.1) is 6.92 Å². The van der Waals surface area contributed by atoms with Gasteiger partial charge in [0.2, 0.25) is 0 Å². The van der Waals surface area contributed by atoms with Crippen molar-refractivity contribution in [3.05, 3.63) is 34.3 Å². The summed E-state index contributed by atoms with van der Waals surface area (Å²) in [6, 6.07) is 5.47. The zero-order chi connectivity index (χ0) is 12.1. The molecule has 16 heavy (non-hydrogen) atoms. The van der Waals surface area contributed by atoms with Crippen LogP contribution in [-0.4, -0.2) is 20.5 Å². The van der Waals surface area contributed by atoms with E-state index in [2.05, 4.69) is 5.43 Å². The molecule has 1 unspecified atom stereocenters. The number of nitrogens with two attached hydrogens (primary N) is 1. The van der Waals surface area contributed by atoms with Gasteiger partial charge in [0.05, 0.1) is 6.04 Å². The van der Waals surface area contributed by atoms with Gasteiger partial charge in [-0.25, -0.2) is 5.43 Å². The summed E-state index contributed by atoms with van der Waals surface area (Å²) in [4.78, 5) is 0. The maximum Gasteiger partial charge on any atom is 0.177 e. The van der Waals surface area contributed by atoms with E-state index in [1.54, 1.807) is 14.2 Å². The first kappa shape index (κ1) is 13.4. The Hall–Kier alpha value is -0.650. The highest BCUT2D eigenvalue weighted by Gasteiger charge is 2.21. The lowest BCUT2D eigenvalue weighted by molar-refractivity contribution is -0.124. The van der Waals surface area contributed by atoms with Crippen molar-refractivity contribution in [2.75, 3.05) is 14.2 Å². The fraction of sp³-hybridized carbons (Fsp3) is 0.455. The summed E-state index contributed by atoms with van der Waals surface area (Å²) < 4.78 is 10.3. The monoisotopic (exact) mass is 244 g/mol. The van der Waals surface area contributed by atoms with E-state index in [0.29, 0.717) is 5.02 Å². The SMILES string of the molecule is COC(OC)C(NN)c1ccc(C)c(Cl)c1. The molecule has 0 aliphatic rings. The van der Waals surface area contributed by atoms with Crippen LogP contribution in [0.25, 0.3) is 0 Å². The molecule has 0 radical (unpaired) electrons. The molecule has 90 valence electrons. The van der Waals surface area contributed by atoms with Crippen LogP contribution >= 0.6 is 11.6 Å². The lowest BCUT2D eigenvalue weighted by Crippen LogP contribution is -2.38. The molecule has 0 fully saturated rings. The number of nitrogens with one attached hydrogen (secondary N) is 1. The maximum absolute atomic E-state index is 6.06. The van der Waals surface area contributed by atoms with Crippen molar-refractivity contribution in [2.45, 2.75) is 19.3 Å². The molecule has 0 aliphatic carbocycles. The van der Waals surface area contributed by atoms with Crippen LogP contribution in [-0.2, 0) is 9.47 Å². The molecular formula is C11H17ClN2O2. The smallest absolute Gasteiger partial charge is 0.177 e. The first-order valence-electron chi connectivity index (χ1n) is 4.91. The van der Waals surface area contributed by atoms with Gasteiger partial charge in [-0.15, -0.1) is 0 Å². The number of aryl methyl sites for hydroxylation is 1. The van der Waals surface area contributed by atoms with E-state index in [9.17, 15) is 0 Å². The van der Waals surface area contributed by atoms with Gasteiger partial charge in [-0.3, -0.25) is 5.84 Å². The average molecular weight is 245 g/mol. The summed E-state index contributed by atoms with van der Waals surface area (Å²) in [7, 11) is 3.13. The van der Waals surface area contributed by atoms with Gasteiger partial charge in [0.25, 0.3) is 0 Å². The Morgan fingerprint density at radius 1 is 1.31 bits per heavy atom. The van der Waals surface area contributed by atoms with E-state index in [4.69, 9.17) is 26.9 Å². The Bertz CT molecular complexity index is 343. The van der Waals surface area contributed by atoms with Gasteiger partial charge in [-0.1, -0.05) is 23.7 Å². The van der Waals surface area contributed by atoms with Crippen LogP contribution < -0.4 is 11.3 Å². The molecule has 0 aliphatic heterocycles. The van der Waals surface area contributed by atoms with Crippen molar-refractivity contribution in [2.24, 2.45) is 5.84 Å². The molecule has 0 saturated carbocycles. The molecule has 0 spiro atoms. The second kappa shape index (κ2) is 6.18. The number of methoxy groups -OCH3 is 2. The van der Waals surface area contributed by atoms with Crippen LogP contribution in [0.2, 0.25) is 5.02 Å².